The van der Waals surface area contributed by atoms with Crippen LogP contribution in [0, 0.1) is 0 Å². The number of hydrogen-bond donors (Lipinski definition) is 1. The van der Waals surface area contributed by atoms with Crippen molar-refractivity contribution in [3.63, 3.8) is 0 Å². The molecular formula is C13H17FO. The summed E-state index contributed by atoms with van der Waals surface area (Å²) in [5.74, 6) is 0. The Hall–Kier alpha value is -0.890. The molecule has 0 fully saturated rings. The molecule has 0 aliphatic heterocycles. The first-order chi connectivity index (χ1) is 6.89. The zero-order valence-electron chi connectivity index (χ0n) is 9.42. The molecule has 1 aromatic rings. The van der Waals surface area contributed by atoms with Gasteiger partial charge in [-0.25, -0.2) is 4.39 Å². The van der Waals surface area contributed by atoms with E-state index < -0.39 is 12.3 Å². The molecule has 0 saturated heterocycles. The zero-order chi connectivity index (χ0) is 11.2. The highest BCUT2D eigenvalue weighted by molar-refractivity contribution is 5.40. The second-order valence-electron chi connectivity index (χ2n) is 5.33. The van der Waals surface area contributed by atoms with Crippen LogP contribution in [0.5, 0.6) is 0 Å². The Morgan fingerprint density at radius 3 is 2.60 bits per heavy atom. The van der Waals surface area contributed by atoms with E-state index in [9.17, 15) is 9.50 Å². The van der Waals surface area contributed by atoms with Crippen molar-refractivity contribution in [2.24, 2.45) is 0 Å². The van der Waals surface area contributed by atoms with Crippen molar-refractivity contribution in [1.82, 2.24) is 0 Å². The SMILES string of the molecule is CC(C)(C)c1ccc2c(c1)CC(F)C2O. The molecular weight excluding hydrogens is 191 g/mol. The Morgan fingerprint density at radius 1 is 1.33 bits per heavy atom. The summed E-state index contributed by atoms with van der Waals surface area (Å²) in [6.07, 6.45) is -1.70. The van der Waals surface area contributed by atoms with Gasteiger partial charge in [0.25, 0.3) is 0 Å². The van der Waals surface area contributed by atoms with E-state index in [-0.39, 0.29) is 5.41 Å². The van der Waals surface area contributed by atoms with Crippen LogP contribution >= 0.6 is 0 Å². The van der Waals surface area contributed by atoms with E-state index in [2.05, 4.69) is 20.8 Å². The summed E-state index contributed by atoms with van der Waals surface area (Å²) >= 11 is 0. The molecule has 1 aliphatic rings. The largest absolute Gasteiger partial charge is 0.385 e. The third-order valence-electron chi connectivity index (χ3n) is 3.09. The summed E-state index contributed by atoms with van der Waals surface area (Å²) in [5, 5.41) is 9.57. The van der Waals surface area contributed by atoms with Gasteiger partial charge in [0.05, 0.1) is 0 Å². The Bertz CT molecular complexity index is 379. The molecule has 0 bridgehead atoms. The van der Waals surface area contributed by atoms with Crippen LogP contribution in [-0.4, -0.2) is 11.3 Å². The first-order valence-electron chi connectivity index (χ1n) is 5.35. The molecule has 1 N–H and O–H groups in total. The van der Waals surface area contributed by atoms with Gasteiger partial charge in [0.1, 0.15) is 12.3 Å². The fourth-order valence-electron chi connectivity index (χ4n) is 2.05. The monoisotopic (exact) mass is 208 g/mol. The quantitative estimate of drug-likeness (QED) is 0.695. The average Bonchev–Trinajstić information content (AvgIpc) is 2.41. The predicted molar refractivity (Wildman–Crippen MR) is 58.7 cm³/mol. The summed E-state index contributed by atoms with van der Waals surface area (Å²) in [5.41, 5.74) is 2.99. The molecule has 0 aromatic heterocycles. The van der Waals surface area contributed by atoms with Crippen LogP contribution in [0.2, 0.25) is 0 Å². The molecule has 1 aliphatic carbocycles. The number of aliphatic hydroxyl groups is 1. The van der Waals surface area contributed by atoms with E-state index in [4.69, 9.17) is 0 Å². The van der Waals surface area contributed by atoms with Crippen LogP contribution in [0.3, 0.4) is 0 Å². The second-order valence-corrected chi connectivity index (χ2v) is 5.33. The highest BCUT2D eigenvalue weighted by Crippen LogP contribution is 2.36. The van der Waals surface area contributed by atoms with E-state index in [0.717, 1.165) is 11.1 Å². The molecule has 0 heterocycles. The molecule has 2 atom stereocenters. The normalized spacial score (nSPS) is 25.4. The van der Waals surface area contributed by atoms with Gasteiger partial charge in [-0.1, -0.05) is 39.0 Å². The summed E-state index contributed by atoms with van der Waals surface area (Å²) in [4.78, 5) is 0. The molecule has 0 radical (unpaired) electrons. The summed E-state index contributed by atoms with van der Waals surface area (Å²) in [6, 6.07) is 5.87. The molecule has 1 nitrogen and oxygen atoms in total. The maximum absolute atomic E-state index is 13.3. The lowest BCUT2D eigenvalue weighted by atomic mass is 9.85. The summed E-state index contributed by atoms with van der Waals surface area (Å²) in [6.45, 7) is 6.40. The van der Waals surface area contributed by atoms with Crippen LogP contribution in [0.15, 0.2) is 18.2 Å². The molecule has 15 heavy (non-hydrogen) atoms. The van der Waals surface area contributed by atoms with Crippen LogP contribution in [-0.2, 0) is 11.8 Å². The average molecular weight is 208 g/mol. The first-order valence-corrected chi connectivity index (χ1v) is 5.35. The number of benzene rings is 1. The number of aliphatic hydroxyl groups excluding tert-OH is 1. The zero-order valence-corrected chi connectivity index (χ0v) is 9.42. The van der Waals surface area contributed by atoms with E-state index in [1.807, 2.05) is 18.2 Å². The van der Waals surface area contributed by atoms with E-state index in [1.54, 1.807) is 0 Å². The lowest BCUT2D eigenvalue weighted by molar-refractivity contribution is 0.0926. The van der Waals surface area contributed by atoms with Gasteiger partial charge in [0.2, 0.25) is 0 Å². The van der Waals surface area contributed by atoms with Crippen molar-refractivity contribution in [1.29, 1.82) is 0 Å². The number of hydrogen-bond acceptors (Lipinski definition) is 1. The Kier molecular flexibility index (Phi) is 2.34. The minimum atomic E-state index is -1.13. The molecule has 2 rings (SSSR count). The minimum Gasteiger partial charge on any atom is -0.385 e. The molecule has 2 heteroatoms. The smallest absolute Gasteiger partial charge is 0.134 e. The van der Waals surface area contributed by atoms with Gasteiger partial charge in [-0.2, -0.15) is 0 Å². The topological polar surface area (TPSA) is 20.2 Å². The number of halogens is 1. The Morgan fingerprint density at radius 2 is 2.00 bits per heavy atom. The first kappa shape index (κ1) is 10.6. The van der Waals surface area contributed by atoms with Crippen molar-refractivity contribution < 1.29 is 9.50 Å². The fraction of sp³-hybridized carbons (Fsp3) is 0.538. The van der Waals surface area contributed by atoms with Crippen LogP contribution in [0.1, 0.15) is 43.6 Å². The molecule has 0 spiro atoms. The van der Waals surface area contributed by atoms with Gasteiger partial charge < -0.3 is 5.11 Å². The van der Waals surface area contributed by atoms with Crippen molar-refractivity contribution in [3.05, 3.63) is 34.9 Å². The Labute approximate surface area is 89.9 Å². The van der Waals surface area contributed by atoms with Crippen molar-refractivity contribution in [2.45, 2.75) is 44.9 Å². The standard InChI is InChI=1S/C13H17FO/c1-13(2,3)9-4-5-10-8(6-9)7-11(14)12(10)15/h4-6,11-12,15H,7H2,1-3H3. The van der Waals surface area contributed by atoms with E-state index >= 15 is 0 Å². The van der Waals surface area contributed by atoms with Gasteiger partial charge in [-0.15, -0.1) is 0 Å². The third-order valence-corrected chi connectivity index (χ3v) is 3.09. The molecule has 0 saturated carbocycles. The van der Waals surface area contributed by atoms with Gasteiger partial charge in [-0.3, -0.25) is 0 Å². The second kappa shape index (κ2) is 3.31. The van der Waals surface area contributed by atoms with E-state index in [1.165, 1.54) is 5.56 Å². The highest BCUT2D eigenvalue weighted by Gasteiger charge is 2.31. The van der Waals surface area contributed by atoms with Crippen LogP contribution < -0.4 is 0 Å². The maximum atomic E-state index is 13.3. The van der Waals surface area contributed by atoms with Gasteiger partial charge in [0.15, 0.2) is 0 Å². The minimum absolute atomic E-state index is 0.0778. The lowest BCUT2D eigenvalue weighted by Crippen LogP contribution is -2.11. The highest BCUT2D eigenvalue weighted by atomic mass is 19.1. The van der Waals surface area contributed by atoms with Gasteiger partial charge >= 0.3 is 0 Å². The van der Waals surface area contributed by atoms with Gasteiger partial charge in [-0.05, 0) is 22.1 Å². The molecule has 0 amide bonds. The van der Waals surface area contributed by atoms with Crippen molar-refractivity contribution in [3.8, 4) is 0 Å². The van der Waals surface area contributed by atoms with Crippen molar-refractivity contribution >= 4 is 0 Å². The number of alkyl halides is 1. The summed E-state index contributed by atoms with van der Waals surface area (Å²) in [7, 11) is 0. The van der Waals surface area contributed by atoms with Crippen molar-refractivity contribution in [2.75, 3.05) is 0 Å². The predicted octanol–water partition coefficient (Wildman–Crippen LogP) is 2.91. The lowest BCUT2D eigenvalue weighted by Gasteiger charge is -2.20. The maximum Gasteiger partial charge on any atom is 0.134 e. The van der Waals surface area contributed by atoms with Crippen LogP contribution in [0.4, 0.5) is 4.39 Å². The molecule has 82 valence electrons. The number of fused-ring (bicyclic) bond motifs is 1. The molecule has 1 aromatic carbocycles. The fourth-order valence-corrected chi connectivity index (χ4v) is 2.05. The van der Waals surface area contributed by atoms with Gasteiger partial charge in [0, 0.05) is 6.42 Å². The Balaban J connectivity index is 2.42. The van der Waals surface area contributed by atoms with E-state index in [0.29, 0.717) is 6.42 Å². The van der Waals surface area contributed by atoms with Crippen LogP contribution in [0.25, 0.3) is 0 Å². The molecule has 2 unspecified atom stereocenters. The third kappa shape index (κ3) is 1.78. The summed E-state index contributed by atoms with van der Waals surface area (Å²) < 4.78 is 13.3. The number of rotatable bonds is 0.